The average Bonchev–Trinajstić information content (AvgIpc) is 2.41. The Bertz CT molecular complexity index is 673. The lowest BCUT2D eigenvalue weighted by Gasteiger charge is -2.04. The molecule has 0 radical (unpaired) electrons. The first-order valence-corrected chi connectivity index (χ1v) is 6.62. The molecule has 0 atom stereocenters. The van der Waals surface area contributed by atoms with Gasteiger partial charge in [-0.25, -0.2) is 4.79 Å². The molecule has 0 amide bonds. The number of carboxylic acids is 1. The molecule has 7 heteroatoms. The van der Waals surface area contributed by atoms with Crippen molar-refractivity contribution in [3.63, 3.8) is 0 Å². The summed E-state index contributed by atoms with van der Waals surface area (Å²) in [5, 5.41) is 20.5. The summed E-state index contributed by atoms with van der Waals surface area (Å²) in [6.07, 6.45) is 0. The predicted molar refractivity (Wildman–Crippen MR) is 75.6 cm³/mol. The van der Waals surface area contributed by atoms with Crippen molar-refractivity contribution in [3.05, 3.63) is 63.2 Å². The van der Waals surface area contributed by atoms with Crippen LogP contribution >= 0.6 is 23.4 Å². The van der Waals surface area contributed by atoms with Gasteiger partial charge in [-0.15, -0.1) is 0 Å². The van der Waals surface area contributed by atoms with Crippen LogP contribution in [0.1, 0.15) is 10.4 Å². The van der Waals surface area contributed by atoms with E-state index in [1.807, 2.05) is 0 Å². The van der Waals surface area contributed by atoms with Gasteiger partial charge in [-0.05, 0) is 36.4 Å². The van der Waals surface area contributed by atoms with Crippen LogP contribution in [0.2, 0.25) is 5.02 Å². The summed E-state index contributed by atoms with van der Waals surface area (Å²) in [5.74, 6) is -1.20. The fourth-order valence-corrected chi connectivity index (χ4v) is 2.54. The Hall–Kier alpha value is -2.05. The van der Waals surface area contributed by atoms with Gasteiger partial charge < -0.3 is 5.11 Å². The van der Waals surface area contributed by atoms with Crippen LogP contribution in [0.5, 0.6) is 0 Å². The van der Waals surface area contributed by atoms with Crippen molar-refractivity contribution >= 4 is 35.0 Å². The topological polar surface area (TPSA) is 80.4 Å². The van der Waals surface area contributed by atoms with Crippen LogP contribution in [-0.2, 0) is 0 Å². The number of halogens is 1. The minimum Gasteiger partial charge on any atom is -0.478 e. The van der Waals surface area contributed by atoms with E-state index in [2.05, 4.69) is 0 Å². The monoisotopic (exact) mass is 309 g/mol. The van der Waals surface area contributed by atoms with Gasteiger partial charge in [0.25, 0.3) is 5.69 Å². The molecule has 0 aromatic heterocycles. The molecule has 0 aliphatic carbocycles. The van der Waals surface area contributed by atoms with Crippen molar-refractivity contribution in [3.8, 4) is 0 Å². The third-order valence-electron chi connectivity index (χ3n) is 2.44. The number of hydrogen-bond acceptors (Lipinski definition) is 4. The minimum atomic E-state index is -1.20. The predicted octanol–water partition coefficient (Wildman–Crippen LogP) is 4.10. The van der Waals surface area contributed by atoms with E-state index in [1.54, 1.807) is 24.3 Å². The number of aromatic carboxylic acids is 1. The summed E-state index contributed by atoms with van der Waals surface area (Å²) in [5.41, 5.74) is -0.345. The lowest BCUT2D eigenvalue weighted by Crippen LogP contribution is -1.99. The van der Waals surface area contributed by atoms with E-state index in [1.165, 1.54) is 23.9 Å². The zero-order valence-corrected chi connectivity index (χ0v) is 11.5. The van der Waals surface area contributed by atoms with Crippen LogP contribution < -0.4 is 0 Å². The third-order valence-corrected chi connectivity index (χ3v) is 3.77. The Labute approximate surface area is 123 Å². The maximum Gasteiger partial charge on any atom is 0.335 e. The molecule has 20 heavy (non-hydrogen) atoms. The summed E-state index contributed by atoms with van der Waals surface area (Å²) < 4.78 is 0. The fraction of sp³-hybridized carbons (Fsp3) is 0. The number of carboxylic acid groups (broad SMARTS) is 1. The largest absolute Gasteiger partial charge is 0.478 e. The van der Waals surface area contributed by atoms with E-state index in [9.17, 15) is 14.9 Å². The number of nitro groups is 1. The number of rotatable bonds is 4. The highest BCUT2D eigenvalue weighted by molar-refractivity contribution is 7.99. The Balaban J connectivity index is 2.38. The average molecular weight is 310 g/mol. The molecular formula is C13H8ClNO4S. The van der Waals surface area contributed by atoms with Crippen LogP contribution in [-0.4, -0.2) is 16.0 Å². The second-order valence-electron chi connectivity index (χ2n) is 3.80. The van der Waals surface area contributed by atoms with Crippen LogP contribution in [0.4, 0.5) is 5.69 Å². The van der Waals surface area contributed by atoms with Crippen molar-refractivity contribution < 1.29 is 14.8 Å². The highest BCUT2D eigenvalue weighted by atomic mass is 35.5. The van der Waals surface area contributed by atoms with Crippen molar-refractivity contribution in [2.75, 3.05) is 0 Å². The first kappa shape index (κ1) is 14.4. The molecule has 0 unspecified atom stereocenters. The second-order valence-corrected chi connectivity index (χ2v) is 5.35. The van der Waals surface area contributed by atoms with Gasteiger partial charge >= 0.3 is 5.97 Å². The fourth-order valence-electron chi connectivity index (χ4n) is 1.51. The van der Waals surface area contributed by atoms with Gasteiger partial charge in [0.15, 0.2) is 0 Å². The SMILES string of the molecule is O=C(O)c1ccc(Sc2ccc(Cl)cc2)c([N+](=O)[O-])c1. The highest BCUT2D eigenvalue weighted by Gasteiger charge is 2.18. The van der Waals surface area contributed by atoms with E-state index in [-0.39, 0.29) is 11.3 Å². The molecule has 0 saturated carbocycles. The van der Waals surface area contributed by atoms with E-state index >= 15 is 0 Å². The standard InChI is InChI=1S/C13H8ClNO4S/c14-9-2-4-10(5-3-9)20-12-6-1-8(13(16)17)7-11(12)15(18)19/h1-7H,(H,16,17). The Morgan fingerprint density at radius 1 is 1.20 bits per heavy atom. The first-order chi connectivity index (χ1) is 9.47. The van der Waals surface area contributed by atoms with Crippen LogP contribution in [0.25, 0.3) is 0 Å². The summed E-state index contributed by atoms with van der Waals surface area (Å²) >= 11 is 6.95. The summed E-state index contributed by atoms with van der Waals surface area (Å²) in [6, 6.07) is 10.7. The molecule has 2 aromatic rings. The molecule has 0 heterocycles. The van der Waals surface area contributed by atoms with E-state index in [4.69, 9.17) is 16.7 Å². The minimum absolute atomic E-state index is 0.114. The highest BCUT2D eigenvalue weighted by Crippen LogP contribution is 2.35. The Morgan fingerprint density at radius 2 is 1.85 bits per heavy atom. The zero-order valence-electron chi connectivity index (χ0n) is 9.95. The number of carbonyl (C=O) groups is 1. The molecule has 2 rings (SSSR count). The number of nitrogens with zero attached hydrogens (tertiary/aromatic N) is 1. The van der Waals surface area contributed by atoms with Gasteiger partial charge in [-0.3, -0.25) is 10.1 Å². The summed E-state index contributed by atoms with van der Waals surface area (Å²) in [7, 11) is 0. The maximum atomic E-state index is 11.0. The zero-order chi connectivity index (χ0) is 14.7. The molecule has 5 nitrogen and oxygen atoms in total. The molecule has 0 fully saturated rings. The normalized spacial score (nSPS) is 10.2. The molecule has 1 N–H and O–H groups in total. The molecule has 2 aromatic carbocycles. The van der Waals surface area contributed by atoms with Crippen LogP contribution in [0.3, 0.4) is 0 Å². The molecule has 0 saturated heterocycles. The van der Waals surface area contributed by atoms with Crippen LogP contribution in [0.15, 0.2) is 52.3 Å². The first-order valence-electron chi connectivity index (χ1n) is 5.42. The summed E-state index contributed by atoms with van der Waals surface area (Å²) in [6.45, 7) is 0. The van der Waals surface area contributed by atoms with Gasteiger partial charge in [-0.1, -0.05) is 23.4 Å². The number of hydrogen-bond donors (Lipinski definition) is 1. The van der Waals surface area contributed by atoms with Gasteiger partial charge in [-0.2, -0.15) is 0 Å². The lowest BCUT2D eigenvalue weighted by atomic mass is 10.2. The molecule has 102 valence electrons. The Morgan fingerprint density at radius 3 is 2.40 bits per heavy atom. The third kappa shape index (κ3) is 3.28. The van der Waals surface area contributed by atoms with E-state index < -0.39 is 10.9 Å². The molecular weight excluding hydrogens is 302 g/mol. The van der Waals surface area contributed by atoms with Gasteiger partial charge in [0.1, 0.15) is 0 Å². The van der Waals surface area contributed by atoms with Crippen LogP contribution in [0, 0.1) is 10.1 Å². The van der Waals surface area contributed by atoms with Gasteiger partial charge in [0, 0.05) is 16.0 Å². The van der Waals surface area contributed by atoms with Gasteiger partial charge in [0.05, 0.1) is 15.4 Å². The Kier molecular flexibility index (Phi) is 4.26. The van der Waals surface area contributed by atoms with Crippen molar-refractivity contribution in [1.82, 2.24) is 0 Å². The molecule has 0 bridgehead atoms. The second kappa shape index (κ2) is 5.94. The summed E-state index contributed by atoms with van der Waals surface area (Å²) in [4.78, 5) is 22.4. The van der Waals surface area contributed by atoms with E-state index in [0.717, 1.165) is 11.0 Å². The molecule has 0 aliphatic heterocycles. The van der Waals surface area contributed by atoms with Gasteiger partial charge in [0.2, 0.25) is 0 Å². The number of nitro benzene ring substituents is 1. The number of benzene rings is 2. The lowest BCUT2D eigenvalue weighted by molar-refractivity contribution is -0.387. The van der Waals surface area contributed by atoms with Crippen molar-refractivity contribution in [2.24, 2.45) is 0 Å². The maximum absolute atomic E-state index is 11.0. The molecule has 0 aliphatic rings. The molecule has 0 spiro atoms. The van der Waals surface area contributed by atoms with E-state index in [0.29, 0.717) is 9.92 Å². The van der Waals surface area contributed by atoms with Crippen molar-refractivity contribution in [1.29, 1.82) is 0 Å². The van der Waals surface area contributed by atoms with Crippen molar-refractivity contribution in [2.45, 2.75) is 9.79 Å². The smallest absolute Gasteiger partial charge is 0.335 e. The quantitative estimate of drug-likeness (QED) is 0.679.